The number of carbonyl (C=O) groups excluding carboxylic acids is 2. The molecule has 0 saturated carbocycles. The summed E-state index contributed by atoms with van der Waals surface area (Å²) >= 11 is 0. The van der Waals surface area contributed by atoms with Crippen molar-refractivity contribution in [2.75, 3.05) is 0 Å². The fraction of sp³-hybridized carbons (Fsp3) is 0.0909. The van der Waals surface area contributed by atoms with Crippen molar-refractivity contribution < 1.29 is 9.59 Å². The van der Waals surface area contributed by atoms with Crippen LogP contribution in [0.5, 0.6) is 0 Å². The van der Waals surface area contributed by atoms with Gasteiger partial charge in [0.15, 0.2) is 5.78 Å². The number of ketones is 1. The third-order valence-corrected chi connectivity index (χ3v) is 1.58. The first kappa shape index (κ1) is 9.39. The van der Waals surface area contributed by atoms with Gasteiger partial charge >= 0.3 is 0 Å². The zero-order valence-corrected chi connectivity index (χ0v) is 7.36. The van der Waals surface area contributed by atoms with Gasteiger partial charge in [0, 0.05) is 5.56 Å². The lowest BCUT2D eigenvalue weighted by Gasteiger charge is -1.92. The molecule has 0 unspecified atom stereocenters. The maximum absolute atomic E-state index is 10.6. The Balaban J connectivity index is 2.80. The molecule has 0 amide bonds. The second-order valence-corrected chi connectivity index (χ2v) is 2.73. The maximum atomic E-state index is 10.6. The fourth-order valence-electron chi connectivity index (χ4n) is 0.899. The fourth-order valence-corrected chi connectivity index (χ4v) is 0.899. The van der Waals surface area contributed by atoms with E-state index in [4.69, 9.17) is 0 Å². The highest BCUT2D eigenvalue weighted by atomic mass is 16.1. The lowest BCUT2D eigenvalue weighted by atomic mass is 10.1. The summed E-state index contributed by atoms with van der Waals surface area (Å²) in [6, 6.07) is 7.02. The van der Waals surface area contributed by atoms with Gasteiger partial charge in [-0.05, 0) is 18.6 Å². The molecule has 0 radical (unpaired) electrons. The molecule has 0 aliphatic rings. The second-order valence-electron chi connectivity index (χ2n) is 2.73. The molecule has 0 aliphatic heterocycles. The van der Waals surface area contributed by atoms with Crippen molar-refractivity contribution in [3.05, 3.63) is 41.5 Å². The molecular formula is C11H10O2. The molecule has 1 aromatic carbocycles. The van der Waals surface area contributed by atoms with Gasteiger partial charge in [0.1, 0.15) is 6.29 Å². The van der Waals surface area contributed by atoms with Crippen LogP contribution in [-0.4, -0.2) is 12.1 Å². The molecule has 13 heavy (non-hydrogen) atoms. The summed E-state index contributed by atoms with van der Waals surface area (Å²) in [4.78, 5) is 20.9. The maximum Gasteiger partial charge on any atom is 0.152 e. The molecular weight excluding hydrogens is 164 g/mol. The zero-order chi connectivity index (χ0) is 9.68. The van der Waals surface area contributed by atoms with Crippen LogP contribution in [0, 0.1) is 0 Å². The topological polar surface area (TPSA) is 34.1 Å². The molecule has 0 atom stereocenters. The largest absolute Gasteiger partial charge is 0.298 e. The summed E-state index contributed by atoms with van der Waals surface area (Å²) in [5, 5.41) is 0. The van der Waals surface area contributed by atoms with Crippen LogP contribution >= 0.6 is 0 Å². The van der Waals surface area contributed by atoms with Gasteiger partial charge in [-0.25, -0.2) is 0 Å². The highest BCUT2D eigenvalue weighted by molar-refractivity contribution is 5.91. The Hall–Kier alpha value is -1.70. The van der Waals surface area contributed by atoms with E-state index in [-0.39, 0.29) is 5.78 Å². The van der Waals surface area contributed by atoms with Crippen molar-refractivity contribution in [1.29, 1.82) is 0 Å². The molecule has 1 rings (SSSR count). The Labute approximate surface area is 76.9 Å². The summed E-state index contributed by atoms with van der Waals surface area (Å²) in [6.07, 6.45) is 4.01. The monoisotopic (exact) mass is 174 g/mol. The first-order chi connectivity index (χ1) is 6.22. The second kappa shape index (κ2) is 4.36. The van der Waals surface area contributed by atoms with Crippen LogP contribution in [0.3, 0.4) is 0 Å². The average molecular weight is 174 g/mol. The zero-order valence-electron chi connectivity index (χ0n) is 7.36. The van der Waals surface area contributed by atoms with Gasteiger partial charge in [-0.2, -0.15) is 0 Å². The van der Waals surface area contributed by atoms with Crippen LogP contribution in [0.4, 0.5) is 0 Å². The van der Waals surface area contributed by atoms with Gasteiger partial charge < -0.3 is 0 Å². The molecule has 0 saturated heterocycles. The lowest BCUT2D eigenvalue weighted by molar-refractivity contribution is -0.112. The minimum absolute atomic E-state index is 0.0134. The van der Waals surface area contributed by atoms with Crippen LogP contribution < -0.4 is 0 Å². The predicted molar refractivity (Wildman–Crippen MR) is 51.5 cm³/mol. The smallest absolute Gasteiger partial charge is 0.152 e. The van der Waals surface area contributed by atoms with E-state index in [1.54, 1.807) is 30.3 Å². The molecule has 0 bridgehead atoms. The number of rotatable bonds is 3. The minimum atomic E-state index is 0.0134. The first-order valence-corrected chi connectivity index (χ1v) is 3.96. The van der Waals surface area contributed by atoms with E-state index in [9.17, 15) is 9.59 Å². The number of aldehydes is 1. The van der Waals surface area contributed by atoms with Crippen LogP contribution in [0.1, 0.15) is 22.8 Å². The van der Waals surface area contributed by atoms with E-state index in [0.717, 1.165) is 11.8 Å². The number of benzene rings is 1. The van der Waals surface area contributed by atoms with Crippen molar-refractivity contribution in [3.63, 3.8) is 0 Å². The number of hydrogen-bond acceptors (Lipinski definition) is 2. The van der Waals surface area contributed by atoms with Crippen LogP contribution in [0.25, 0.3) is 6.08 Å². The Morgan fingerprint density at radius 3 is 2.15 bits per heavy atom. The Morgan fingerprint density at radius 1 is 1.15 bits per heavy atom. The molecule has 66 valence electrons. The number of carbonyl (C=O) groups is 2. The molecule has 2 nitrogen and oxygen atoms in total. The molecule has 1 aromatic rings. The highest BCUT2D eigenvalue weighted by Gasteiger charge is 1.89. The van der Waals surface area contributed by atoms with E-state index in [1.807, 2.05) is 0 Å². The molecule has 0 aliphatic carbocycles. The van der Waals surface area contributed by atoms with E-state index in [0.29, 0.717) is 5.56 Å². The van der Waals surface area contributed by atoms with E-state index < -0.39 is 0 Å². The van der Waals surface area contributed by atoms with Crippen LogP contribution in [0.15, 0.2) is 30.3 Å². The summed E-state index contributed by atoms with van der Waals surface area (Å²) in [5.74, 6) is 0.0134. The molecule has 0 spiro atoms. The molecule has 0 aromatic heterocycles. The van der Waals surface area contributed by atoms with Crippen molar-refractivity contribution in [1.82, 2.24) is 0 Å². The first-order valence-electron chi connectivity index (χ1n) is 3.96. The van der Waals surface area contributed by atoms with Gasteiger partial charge in [-0.3, -0.25) is 9.59 Å². The normalized spacial score (nSPS) is 10.2. The van der Waals surface area contributed by atoms with Gasteiger partial charge in [-0.1, -0.05) is 30.3 Å². The summed E-state index contributed by atoms with van der Waals surface area (Å²) < 4.78 is 0. The molecule has 2 heteroatoms. The van der Waals surface area contributed by atoms with E-state index >= 15 is 0 Å². The average Bonchev–Trinajstić information content (AvgIpc) is 2.15. The molecule has 0 fully saturated rings. The quantitative estimate of drug-likeness (QED) is 0.519. The van der Waals surface area contributed by atoms with E-state index in [1.165, 1.54) is 13.0 Å². The summed E-state index contributed by atoms with van der Waals surface area (Å²) in [5.41, 5.74) is 1.56. The molecule has 0 N–H and O–H groups in total. The minimum Gasteiger partial charge on any atom is -0.298 e. The van der Waals surface area contributed by atoms with Crippen LogP contribution in [-0.2, 0) is 4.79 Å². The summed E-state index contributed by atoms with van der Waals surface area (Å²) in [7, 11) is 0. The van der Waals surface area contributed by atoms with Gasteiger partial charge in [0.05, 0.1) is 0 Å². The molecule has 0 heterocycles. The van der Waals surface area contributed by atoms with Crippen molar-refractivity contribution >= 4 is 18.1 Å². The standard InChI is InChI=1S/C11H10O2/c1-9(13)2-3-10-4-6-11(8-12)7-5-10/h2-8H,1H3/b3-2-. The third kappa shape index (κ3) is 3.03. The van der Waals surface area contributed by atoms with Gasteiger partial charge in [-0.15, -0.1) is 0 Å². The summed E-state index contributed by atoms with van der Waals surface area (Å²) in [6.45, 7) is 1.50. The number of allylic oxidation sites excluding steroid dienone is 1. The van der Waals surface area contributed by atoms with Crippen LogP contribution in [0.2, 0.25) is 0 Å². The predicted octanol–water partition coefficient (Wildman–Crippen LogP) is 2.10. The lowest BCUT2D eigenvalue weighted by Crippen LogP contribution is -1.81. The van der Waals surface area contributed by atoms with Crippen molar-refractivity contribution in [3.8, 4) is 0 Å². The Bertz CT molecular complexity index is 334. The van der Waals surface area contributed by atoms with E-state index in [2.05, 4.69) is 0 Å². The van der Waals surface area contributed by atoms with Crippen molar-refractivity contribution in [2.45, 2.75) is 6.92 Å². The highest BCUT2D eigenvalue weighted by Crippen LogP contribution is 2.04. The van der Waals surface area contributed by atoms with Crippen molar-refractivity contribution in [2.24, 2.45) is 0 Å². The Morgan fingerprint density at radius 2 is 1.69 bits per heavy atom. The van der Waals surface area contributed by atoms with Gasteiger partial charge in [0.2, 0.25) is 0 Å². The van der Waals surface area contributed by atoms with Gasteiger partial charge in [0.25, 0.3) is 0 Å². The SMILES string of the molecule is CC(=O)/C=C\c1ccc(C=O)cc1. The third-order valence-electron chi connectivity index (χ3n) is 1.58. The number of hydrogen-bond donors (Lipinski definition) is 0. The Kier molecular flexibility index (Phi) is 3.15.